The lowest BCUT2D eigenvalue weighted by molar-refractivity contribution is -0.142. The van der Waals surface area contributed by atoms with Gasteiger partial charge in [0.05, 0.1) is 7.11 Å². The summed E-state index contributed by atoms with van der Waals surface area (Å²) in [5, 5.41) is 2.56. The Hall–Kier alpha value is -2.04. The smallest absolute Gasteiger partial charge is 0.328 e. The molecule has 1 aromatic carbocycles. The van der Waals surface area contributed by atoms with Crippen molar-refractivity contribution in [3.05, 3.63) is 35.9 Å². The first-order valence-corrected chi connectivity index (χ1v) is 5.68. The van der Waals surface area contributed by atoms with Gasteiger partial charge in [-0.1, -0.05) is 30.3 Å². The van der Waals surface area contributed by atoms with Gasteiger partial charge >= 0.3 is 12.0 Å². The maximum atomic E-state index is 11.8. The number of nitrogens with zero attached hydrogens (tertiary/aromatic N) is 1. The zero-order valence-corrected chi connectivity index (χ0v) is 10.8. The second-order valence-corrected chi connectivity index (χ2v) is 4.04. The molecule has 0 heterocycles. The number of esters is 1. The monoisotopic (exact) mass is 250 g/mol. The molecule has 0 radical (unpaired) electrons. The topological polar surface area (TPSA) is 58.6 Å². The molecular formula is C13H18N2O3. The molecule has 0 bridgehead atoms. The minimum absolute atomic E-state index is 0.309. The molecule has 1 aromatic rings. The molecule has 1 unspecified atom stereocenters. The molecule has 0 aliphatic carbocycles. The summed E-state index contributed by atoms with van der Waals surface area (Å²) >= 11 is 0. The molecular weight excluding hydrogens is 232 g/mol. The number of methoxy groups -OCH3 is 1. The first-order chi connectivity index (χ1) is 8.54. The van der Waals surface area contributed by atoms with Gasteiger partial charge in [-0.25, -0.2) is 9.59 Å². The van der Waals surface area contributed by atoms with Crippen molar-refractivity contribution in [2.24, 2.45) is 0 Å². The van der Waals surface area contributed by atoms with Gasteiger partial charge in [0.25, 0.3) is 0 Å². The first-order valence-electron chi connectivity index (χ1n) is 5.68. The highest BCUT2D eigenvalue weighted by molar-refractivity contribution is 5.83. The number of rotatable bonds is 4. The van der Waals surface area contributed by atoms with Gasteiger partial charge in [-0.15, -0.1) is 0 Å². The Kier molecular flexibility index (Phi) is 5.17. The largest absolute Gasteiger partial charge is 0.467 e. The number of ether oxygens (including phenoxy) is 1. The number of hydrogen-bond donors (Lipinski definition) is 1. The molecule has 0 aromatic heterocycles. The summed E-state index contributed by atoms with van der Waals surface area (Å²) in [5.74, 6) is -0.462. The van der Waals surface area contributed by atoms with Crippen molar-refractivity contribution in [2.75, 3.05) is 14.2 Å². The average molecular weight is 250 g/mol. The van der Waals surface area contributed by atoms with Crippen LogP contribution in [0.3, 0.4) is 0 Å². The fraction of sp³-hybridized carbons (Fsp3) is 0.385. The fourth-order valence-corrected chi connectivity index (χ4v) is 1.46. The van der Waals surface area contributed by atoms with Gasteiger partial charge in [-0.3, -0.25) is 0 Å². The van der Waals surface area contributed by atoms with Crippen LogP contribution in [-0.4, -0.2) is 37.1 Å². The van der Waals surface area contributed by atoms with E-state index in [1.54, 1.807) is 14.0 Å². The molecule has 0 saturated carbocycles. The molecule has 0 fully saturated rings. The Morgan fingerprint density at radius 1 is 1.33 bits per heavy atom. The van der Waals surface area contributed by atoms with Gasteiger partial charge in [0.15, 0.2) is 0 Å². The summed E-state index contributed by atoms with van der Waals surface area (Å²) in [5.41, 5.74) is 1.03. The Morgan fingerprint density at radius 3 is 2.50 bits per heavy atom. The Balaban J connectivity index is 2.49. The van der Waals surface area contributed by atoms with Gasteiger partial charge in [-0.05, 0) is 12.5 Å². The van der Waals surface area contributed by atoms with E-state index in [0.29, 0.717) is 6.54 Å². The molecule has 18 heavy (non-hydrogen) atoms. The van der Waals surface area contributed by atoms with Gasteiger partial charge in [-0.2, -0.15) is 0 Å². The number of carbonyl (C=O) groups is 2. The maximum Gasteiger partial charge on any atom is 0.328 e. The third kappa shape index (κ3) is 4.08. The number of hydrogen-bond acceptors (Lipinski definition) is 3. The van der Waals surface area contributed by atoms with Crippen molar-refractivity contribution in [3.8, 4) is 0 Å². The average Bonchev–Trinajstić information content (AvgIpc) is 2.38. The molecule has 0 spiro atoms. The van der Waals surface area contributed by atoms with E-state index < -0.39 is 12.0 Å². The molecule has 5 heteroatoms. The molecule has 0 saturated heterocycles. The van der Waals surface area contributed by atoms with E-state index in [4.69, 9.17) is 0 Å². The first kappa shape index (κ1) is 14.0. The number of nitrogens with one attached hydrogen (secondary N) is 1. The van der Waals surface area contributed by atoms with Crippen molar-refractivity contribution in [2.45, 2.75) is 19.5 Å². The molecule has 1 N–H and O–H groups in total. The highest BCUT2D eigenvalue weighted by atomic mass is 16.5. The zero-order valence-electron chi connectivity index (χ0n) is 10.8. The molecule has 98 valence electrons. The number of carbonyl (C=O) groups excluding carboxylic acids is 2. The van der Waals surface area contributed by atoms with Crippen LogP contribution >= 0.6 is 0 Å². The van der Waals surface area contributed by atoms with Crippen LogP contribution < -0.4 is 5.32 Å². The van der Waals surface area contributed by atoms with Crippen LogP contribution in [0.5, 0.6) is 0 Å². The van der Waals surface area contributed by atoms with Crippen LogP contribution in [-0.2, 0) is 16.1 Å². The SMILES string of the molecule is COC(=O)C(C)NC(=O)N(C)Cc1ccccc1. The second kappa shape index (κ2) is 6.64. The normalized spacial score (nSPS) is 11.5. The number of amides is 2. The number of urea groups is 1. The predicted octanol–water partition coefficient (Wildman–Crippen LogP) is 1.39. The van der Waals surface area contributed by atoms with E-state index >= 15 is 0 Å². The lowest BCUT2D eigenvalue weighted by Gasteiger charge is -2.20. The third-order valence-electron chi connectivity index (χ3n) is 2.50. The van der Waals surface area contributed by atoms with Gasteiger partial charge in [0.1, 0.15) is 6.04 Å². The summed E-state index contributed by atoms with van der Waals surface area (Å²) in [4.78, 5) is 24.5. The maximum absolute atomic E-state index is 11.8. The van der Waals surface area contributed by atoms with Crippen LogP contribution in [0.15, 0.2) is 30.3 Å². The van der Waals surface area contributed by atoms with Gasteiger partial charge < -0.3 is 15.0 Å². The molecule has 2 amide bonds. The lowest BCUT2D eigenvalue weighted by Crippen LogP contribution is -2.45. The van der Waals surface area contributed by atoms with Crippen LogP contribution in [0.1, 0.15) is 12.5 Å². The van der Waals surface area contributed by atoms with Gasteiger partial charge in [0, 0.05) is 13.6 Å². The summed E-state index contributed by atoms with van der Waals surface area (Å²) in [6.45, 7) is 2.07. The van der Waals surface area contributed by atoms with E-state index in [1.807, 2.05) is 30.3 Å². The van der Waals surface area contributed by atoms with E-state index in [2.05, 4.69) is 10.1 Å². The fourth-order valence-electron chi connectivity index (χ4n) is 1.46. The minimum atomic E-state index is -0.652. The van der Waals surface area contributed by atoms with Crippen molar-refractivity contribution in [3.63, 3.8) is 0 Å². The Bertz CT molecular complexity index is 406. The van der Waals surface area contributed by atoms with Gasteiger partial charge in [0.2, 0.25) is 0 Å². The van der Waals surface area contributed by atoms with Crippen molar-refractivity contribution >= 4 is 12.0 Å². The Morgan fingerprint density at radius 2 is 1.94 bits per heavy atom. The van der Waals surface area contributed by atoms with Crippen LogP contribution in [0.25, 0.3) is 0 Å². The van der Waals surface area contributed by atoms with Crippen LogP contribution in [0, 0.1) is 0 Å². The summed E-state index contributed by atoms with van der Waals surface area (Å²) < 4.78 is 4.54. The lowest BCUT2D eigenvalue weighted by atomic mass is 10.2. The van der Waals surface area contributed by atoms with E-state index in [-0.39, 0.29) is 6.03 Å². The quantitative estimate of drug-likeness (QED) is 0.821. The number of benzene rings is 1. The Labute approximate surface area is 107 Å². The zero-order chi connectivity index (χ0) is 13.5. The minimum Gasteiger partial charge on any atom is -0.467 e. The van der Waals surface area contributed by atoms with Crippen LogP contribution in [0.2, 0.25) is 0 Å². The molecule has 0 aliphatic rings. The molecule has 0 aliphatic heterocycles. The van der Waals surface area contributed by atoms with E-state index in [9.17, 15) is 9.59 Å². The van der Waals surface area contributed by atoms with Crippen molar-refractivity contribution < 1.29 is 14.3 Å². The summed E-state index contributed by atoms with van der Waals surface area (Å²) in [7, 11) is 2.96. The van der Waals surface area contributed by atoms with Crippen molar-refractivity contribution in [1.29, 1.82) is 0 Å². The van der Waals surface area contributed by atoms with Crippen LogP contribution in [0.4, 0.5) is 4.79 Å². The highest BCUT2D eigenvalue weighted by Crippen LogP contribution is 2.02. The standard InChI is InChI=1S/C13H18N2O3/c1-10(12(16)18-3)14-13(17)15(2)9-11-7-5-4-6-8-11/h4-8,10H,9H2,1-3H3,(H,14,17). The third-order valence-corrected chi connectivity index (χ3v) is 2.50. The van der Waals surface area contributed by atoms with E-state index in [1.165, 1.54) is 12.0 Å². The predicted molar refractivity (Wildman–Crippen MR) is 67.9 cm³/mol. The highest BCUT2D eigenvalue weighted by Gasteiger charge is 2.18. The second-order valence-electron chi connectivity index (χ2n) is 4.04. The molecule has 5 nitrogen and oxygen atoms in total. The van der Waals surface area contributed by atoms with Crippen molar-refractivity contribution in [1.82, 2.24) is 10.2 Å². The summed E-state index contributed by atoms with van der Waals surface area (Å²) in [6, 6.07) is 8.66. The molecule has 1 rings (SSSR count). The molecule has 1 atom stereocenters. The summed E-state index contributed by atoms with van der Waals surface area (Å²) in [6.07, 6.45) is 0. The van der Waals surface area contributed by atoms with E-state index in [0.717, 1.165) is 5.56 Å².